The first-order valence-corrected chi connectivity index (χ1v) is 6.13. The number of fused-ring (bicyclic) bond motifs is 1. The third kappa shape index (κ3) is 1.42. The lowest BCUT2D eigenvalue weighted by molar-refractivity contribution is 0.770. The van der Waals surface area contributed by atoms with Crippen molar-refractivity contribution in [2.45, 2.75) is 31.6 Å². The van der Waals surface area contributed by atoms with Crippen LogP contribution in [0.25, 0.3) is 11.0 Å². The normalized spacial score (nSPS) is 15.9. The van der Waals surface area contributed by atoms with Crippen LogP contribution in [-0.4, -0.2) is 14.8 Å². The molecule has 16 heavy (non-hydrogen) atoms. The highest BCUT2D eigenvalue weighted by Gasteiger charge is 2.26. The molecule has 1 fully saturated rings. The summed E-state index contributed by atoms with van der Waals surface area (Å²) in [6.45, 7) is 2.01. The van der Waals surface area contributed by atoms with Crippen molar-refractivity contribution in [1.82, 2.24) is 14.8 Å². The minimum atomic E-state index is 0.533. The molecule has 2 aromatic rings. The van der Waals surface area contributed by atoms with Crippen molar-refractivity contribution in [2.75, 3.05) is 0 Å². The van der Waals surface area contributed by atoms with Crippen LogP contribution in [0, 0.1) is 6.92 Å². The maximum absolute atomic E-state index is 6.02. The Bertz CT molecular complexity index is 555. The molecule has 3 rings (SSSR count). The molecule has 0 radical (unpaired) electrons. The number of aromatic nitrogens is 3. The van der Waals surface area contributed by atoms with Crippen LogP contribution >= 0.6 is 11.6 Å². The third-order valence-electron chi connectivity index (χ3n) is 3.21. The van der Waals surface area contributed by atoms with Gasteiger partial charge in [-0.2, -0.15) is 5.10 Å². The van der Waals surface area contributed by atoms with Crippen molar-refractivity contribution >= 4 is 22.6 Å². The molecular formula is C12H14ClN3. The predicted octanol–water partition coefficient (Wildman–Crippen LogP) is 2.89. The summed E-state index contributed by atoms with van der Waals surface area (Å²) in [7, 11) is 1.94. The summed E-state index contributed by atoms with van der Waals surface area (Å²) in [5.74, 6) is 1.19. The third-order valence-corrected chi connectivity index (χ3v) is 3.50. The largest absolute Gasteiger partial charge is 0.250 e. The second kappa shape index (κ2) is 3.45. The Morgan fingerprint density at radius 2 is 2.25 bits per heavy atom. The second-order valence-electron chi connectivity index (χ2n) is 4.52. The molecule has 0 N–H and O–H groups in total. The molecule has 0 bridgehead atoms. The predicted molar refractivity (Wildman–Crippen MR) is 64.8 cm³/mol. The Morgan fingerprint density at radius 1 is 1.50 bits per heavy atom. The van der Waals surface area contributed by atoms with Gasteiger partial charge in [-0.05, 0) is 31.4 Å². The van der Waals surface area contributed by atoms with Gasteiger partial charge >= 0.3 is 0 Å². The lowest BCUT2D eigenvalue weighted by Crippen LogP contribution is -1.96. The number of rotatable bonds is 2. The molecule has 2 heterocycles. The summed E-state index contributed by atoms with van der Waals surface area (Å²) in [6.07, 6.45) is 2.52. The highest BCUT2D eigenvalue weighted by atomic mass is 35.5. The number of halogens is 1. The van der Waals surface area contributed by atoms with E-state index in [4.69, 9.17) is 16.6 Å². The van der Waals surface area contributed by atoms with Crippen LogP contribution in [0.5, 0.6) is 0 Å². The van der Waals surface area contributed by atoms with Gasteiger partial charge in [0.05, 0.1) is 5.69 Å². The first-order chi connectivity index (χ1) is 7.70. The Morgan fingerprint density at radius 3 is 2.88 bits per heavy atom. The molecule has 1 aliphatic carbocycles. The van der Waals surface area contributed by atoms with E-state index >= 15 is 0 Å². The summed E-state index contributed by atoms with van der Waals surface area (Å²) < 4.78 is 1.85. The van der Waals surface area contributed by atoms with Gasteiger partial charge in [-0.1, -0.05) is 0 Å². The van der Waals surface area contributed by atoms with Crippen LogP contribution in [-0.2, 0) is 12.9 Å². The smallest absolute Gasteiger partial charge is 0.158 e. The Balaban J connectivity index is 2.31. The lowest BCUT2D eigenvalue weighted by atomic mass is 10.1. The monoisotopic (exact) mass is 235 g/mol. The molecule has 4 heteroatoms. The van der Waals surface area contributed by atoms with Crippen LogP contribution < -0.4 is 0 Å². The Hall–Kier alpha value is -1.09. The van der Waals surface area contributed by atoms with E-state index < -0.39 is 0 Å². The molecule has 0 aliphatic heterocycles. The topological polar surface area (TPSA) is 30.7 Å². The van der Waals surface area contributed by atoms with Crippen molar-refractivity contribution in [3.63, 3.8) is 0 Å². The van der Waals surface area contributed by atoms with E-state index in [1.165, 1.54) is 24.1 Å². The van der Waals surface area contributed by atoms with Gasteiger partial charge in [0.25, 0.3) is 0 Å². The first kappa shape index (κ1) is 10.1. The van der Waals surface area contributed by atoms with Crippen LogP contribution in [0.15, 0.2) is 6.07 Å². The second-order valence-corrected chi connectivity index (χ2v) is 4.79. The number of alkyl halides is 1. The zero-order chi connectivity index (χ0) is 11.3. The molecule has 84 valence electrons. The van der Waals surface area contributed by atoms with Gasteiger partial charge < -0.3 is 0 Å². The zero-order valence-electron chi connectivity index (χ0n) is 9.50. The molecule has 0 atom stereocenters. The Kier molecular flexibility index (Phi) is 2.18. The van der Waals surface area contributed by atoms with E-state index in [1.54, 1.807) is 0 Å². The van der Waals surface area contributed by atoms with E-state index in [2.05, 4.69) is 11.2 Å². The van der Waals surface area contributed by atoms with E-state index in [0.717, 1.165) is 16.7 Å². The van der Waals surface area contributed by atoms with Crippen molar-refractivity contribution in [1.29, 1.82) is 0 Å². The highest BCUT2D eigenvalue weighted by molar-refractivity contribution is 6.18. The van der Waals surface area contributed by atoms with E-state index in [9.17, 15) is 0 Å². The van der Waals surface area contributed by atoms with Crippen LogP contribution in [0.3, 0.4) is 0 Å². The van der Waals surface area contributed by atoms with Crippen LogP contribution in [0.2, 0.25) is 0 Å². The Labute approximate surface area is 99.4 Å². The fourth-order valence-corrected chi connectivity index (χ4v) is 2.46. The number of hydrogen-bond donors (Lipinski definition) is 0. The summed E-state index contributed by atoms with van der Waals surface area (Å²) >= 11 is 6.02. The molecule has 1 saturated carbocycles. The summed E-state index contributed by atoms with van der Waals surface area (Å²) in [6, 6.07) is 2.15. The number of pyridine rings is 1. The van der Waals surface area contributed by atoms with Gasteiger partial charge in [-0.25, -0.2) is 4.98 Å². The molecule has 0 spiro atoms. The van der Waals surface area contributed by atoms with Gasteiger partial charge in [0, 0.05) is 29.9 Å². The molecular weight excluding hydrogens is 222 g/mol. The average Bonchev–Trinajstić information content (AvgIpc) is 3.07. The first-order valence-electron chi connectivity index (χ1n) is 5.59. The molecule has 0 saturated heterocycles. The maximum atomic E-state index is 6.02. The SMILES string of the molecule is Cc1nn(C)c2nc(C3CC3)cc(CCl)c12. The molecule has 0 amide bonds. The van der Waals surface area contributed by atoms with Gasteiger partial charge in [-0.15, -0.1) is 11.6 Å². The van der Waals surface area contributed by atoms with Crippen molar-refractivity contribution < 1.29 is 0 Å². The molecule has 1 aliphatic rings. The summed E-state index contributed by atoms with van der Waals surface area (Å²) in [5.41, 5.74) is 4.34. The standard InChI is InChI=1S/C12H14ClN3/c1-7-11-9(6-13)5-10(8-3-4-8)14-12(11)16(2)15-7/h5,8H,3-4,6H2,1-2H3. The molecule has 0 aromatic carbocycles. The minimum Gasteiger partial charge on any atom is -0.250 e. The van der Waals surface area contributed by atoms with E-state index in [1.807, 2.05) is 18.7 Å². The van der Waals surface area contributed by atoms with Crippen molar-refractivity contribution in [3.05, 3.63) is 23.0 Å². The minimum absolute atomic E-state index is 0.533. The van der Waals surface area contributed by atoms with E-state index in [-0.39, 0.29) is 0 Å². The maximum Gasteiger partial charge on any atom is 0.158 e. The van der Waals surface area contributed by atoms with Gasteiger partial charge in [0.15, 0.2) is 5.65 Å². The summed E-state index contributed by atoms with van der Waals surface area (Å²) in [4.78, 5) is 4.71. The van der Waals surface area contributed by atoms with Crippen LogP contribution in [0.4, 0.5) is 0 Å². The highest BCUT2D eigenvalue weighted by Crippen LogP contribution is 2.40. The average molecular weight is 236 g/mol. The lowest BCUT2D eigenvalue weighted by Gasteiger charge is -2.04. The van der Waals surface area contributed by atoms with Crippen LogP contribution in [0.1, 0.15) is 35.7 Å². The van der Waals surface area contributed by atoms with Crippen molar-refractivity contribution in [2.24, 2.45) is 7.05 Å². The van der Waals surface area contributed by atoms with Crippen molar-refractivity contribution in [3.8, 4) is 0 Å². The molecule has 0 unspecified atom stereocenters. The zero-order valence-corrected chi connectivity index (χ0v) is 10.3. The summed E-state index contributed by atoms with van der Waals surface area (Å²) in [5, 5.41) is 5.54. The van der Waals surface area contributed by atoms with Gasteiger partial charge in [0.1, 0.15) is 0 Å². The molecule has 2 aromatic heterocycles. The van der Waals surface area contributed by atoms with E-state index in [0.29, 0.717) is 11.8 Å². The fraction of sp³-hybridized carbons (Fsp3) is 0.500. The molecule has 3 nitrogen and oxygen atoms in total. The van der Waals surface area contributed by atoms with Gasteiger partial charge in [0.2, 0.25) is 0 Å². The van der Waals surface area contributed by atoms with Gasteiger partial charge in [-0.3, -0.25) is 4.68 Å². The number of aryl methyl sites for hydroxylation is 2. The fourth-order valence-electron chi connectivity index (χ4n) is 2.25. The quantitative estimate of drug-likeness (QED) is 0.750. The number of hydrogen-bond acceptors (Lipinski definition) is 2. The number of nitrogens with zero attached hydrogens (tertiary/aromatic N) is 3.